The summed E-state index contributed by atoms with van der Waals surface area (Å²) >= 11 is 7.41. The fourth-order valence-electron chi connectivity index (χ4n) is 3.00. The van der Waals surface area contributed by atoms with E-state index in [-0.39, 0.29) is 21.9 Å². The van der Waals surface area contributed by atoms with Crippen molar-refractivity contribution in [2.45, 2.75) is 17.2 Å². The number of guanidine groups is 1. The molecule has 0 atom stereocenters. The zero-order chi connectivity index (χ0) is 19.2. The molecule has 2 heterocycles. The lowest BCUT2D eigenvalue weighted by Crippen LogP contribution is -2.25. The van der Waals surface area contributed by atoms with Gasteiger partial charge in [-0.05, 0) is 23.6 Å². The largest absolute Gasteiger partial charge is 0.369 e. The summed E-state index contributed by atoms with van der Waals surface area (Å²) < 4.78 is 27.4. The zero-order valence-corrected chi connectivity index (χ0v) is 16.3. The molecular formula is C16H15ClN6O2S2. The molecule has 0 radical (unpaired) electrons. The monoisotopic (exact) mass is 422 g/mol. The first-order valence-corrected chi connectivity index (χ1v) is 10.8. The Morgan fingerprint density at radius 2 is 2.22 bits per heavy atom. The number of nitrogens with one attached hydrogen (secondary N) is 1. The third kappa shape index (κ3) is 3.27. The van der Waals surface area contributed by atoms with E-state index in [4.69, 9.17) is 23.1 Å². The number of sulfone groups is 1. The predicted molar refractivity (Wildman–Crippen MR) is 106 cm³/mol. The van der Waals surface area contributed by atoms with Gasteiger partial charge in [0.25, 0.3) is 0 Å². The number of rotatable bonds is 5. The molecule has 0 bridgehead atoms. The van der Waals surface area contributed by atoms with E-state index >= 15 is 0 Å². The minimum Gasteiger partial charge on any atom is -0.369 e. The van der Waals surface area contributed by atoms with Crippen LogP contribution in [-0.2, 0) is 22.0 Å². The van der Waals surface area contributed by atoms with E-state index in [9.17, 15) is 8.42 Å². The van der Waals surface area contributed by atoms with Crippen LogP contribution in [0.5, 0.6) is 0 Å². The lowest BCUT2D eigenvalue weighted by Gasteiger charge is -2.09. The number of hydrogen-bond acceptors (Lipinski definition) is 6. The highest BCUT2D eigenvalue weighted by molar-refractivity contribution is 7.90. The van der Waals surface area contributed by atoms with Crippen LogP contribution in [0, 0.1) is 0 Å². The van der Waals surface area contributed by atoms with Gasteiger partial charge in [-0.2, -0.15) is 0 Å². The zero-order valence-electron chi connectivity index (χ0n) is 13.9. The van der Waals surface area contributed by atoms with Crippen molar-refractivity contribution in [3.8, 4) is 0 Å². The van der Waals surface area contributed by atoms with Gasteiger partial charge in [-0.25, -0.2) is 13.4 Å². The van der Waals surface area contributed by atoms with Gasteiger partial charge in [0.15, 0.2) is 15.1 Å². The normalized spacial score (nSPS) is 13.4. The lowest BCUT2D eigenvalue weighted by atomic mass is 10.1. The molecule has 8 nitrogen and oxygen atoms in total. The summed E-state index contributed by atoms with van der Waals surface area (Å²) in [7, 11) is -3.69. The standard InChI is InChI=1S/C16H15ClN6O2S2/c17-13-14(23-5-6-26-16(23)20-13)27(24,25)8-9-1-2-10-3-4-12(11(10)7-9)21-22-15(18)19/h1-2,4-7,21H,3,8H2,(H4,18,19,22). The molecule has 3 aromatic rings. The van der Waals surface area contributed by atoms with Crippen LogP contribution in [0.1, 0.15) is 16.7 Å². The summed E-state index contributed by atoms with van der Waals surface area (Å²) in [5.41, 5.74) is 16.8. The molecule has 0 fully saturated rings. The first kappa shape index (κ1) is 17.8. The highest BCUT2D eigenvalue weighted by Gasteiger charge is 2.26. The molecule has 27 heavy (non-hydrogen) atoms. The van der Waals surface area contributed by atoms with Crippen molar-refractivity contribution < 1.29 is 8.42 Å². The molecular weight excluding hydrogens is 408 g/mol. The quantitative estimate of drug-likeness (QED) is 0.326. The maximum absolute atomic E-state index is 13.0. The predicted octanol–water partition coefficient (Wildman–Crippen LogP) is 1.70. The van der Waals surface area contributed by atoms with Crippen LogP contribution >= 0.6 is 22.9 Å². The highest BCUT2D eigenvalue weighted by atomic mass is 35.5. The molecule has 0 amide bonds. The van der Waals surface area contributed by atoms with Gasteiger partial charge in [-0.3, -0.25) is 9.83 Å². The second-order valence-electron chi connectivity index (χ2n) is 5.98. The maximum Gasteiger partial charge on any atom is 0.208 e. The number of fused-ring (bicyclic) bond motifs is 2. The van der Waals surface area contributed by atoms with E-state index in [0.717, 1.165) is 16.8 Å². The summed E-state index contributed by atoms with van der Waals surface area (Å²) in [6, 6.07) is 5.52. The number of benzene rings is 1. The summed E-state index contributed by atoms with van der Waals surface area (Å²) in [5, 5.41) is 5.56. The van der Waals surface area contributed by atoms with Crippen LogP contribution in [0.4, 0.5) is 0 Å². The Balaban J connectivity index is 1.67. The number of hydrazone groups is 1. The van der Waals surface area contributed by atoms with Crippen LogP contribution in [-0.4, -0.2) is 23.8 Å². The molecule has 140 valence electrons. The van der Waals surface area contributed by atoms with Gasteiger partial charge in [-0.15, -0.1) is 16.4 Å². The molecule has 1 aliphatic rings. The number of nitrogens with zero attached hydrogens (tertiary/aromatic N) is 3. The van der Waals surface area contributed by atoms with Crippen molar-refractivity contribution in [3.05, 3.63) is 57.7 Å². The van der Waals surface area contributed by atoms with E-state index in [1.807, 2.05) is 18.2 Å². The lowest BCUT2D eigenvalue weighted by molar-refractivity contribution is 0.590. The third-order valence-electron chi connectivity index (χ3n) is 4.13. The van der Waals surface area contributed by atoms with Crippen LogP contribution < -0.4 is 16.9 Å². The second-order valence-corrected chi connectivity index (χ2v) is 9.12. The number of halogens is 1. The Labute approximate surface area is 164 Å². The van der Waals surface area contributed by atoms with Crippen molar-refractivity contribution >= 4 is 49.4 Å². The summed E-state index contributed by atoms with van der Waals surface area (Å²) in [6.45, 7) is 0. The van der Waals surface area contributed by atoms with Crippen molar-refractivity contribution in [3.63, 3.8) is 0 Å². The van der Waals surface area contributed by atoms with Crippen molar-refractivity contribution in [2.24, 2.45) is 16.6 Å². The minimum atomic E-state index is -3.69. The molecule has 2 aromatic heterocycles. The van der Waals surface area contributed by atoms with Crippen molar-refractivity contribution in [2.75, 3.05) is 0 Å². The molecule has 1 aliphatic carbocycles. The Hall–Kier alpha value is -2.56. The average molecular weight is 423 g/mol. The summed E-state index contributed by atoms with van der Waals surface area (Å²) in [6.07, 6.45) is 4.31. The van der Waals surface area contributed by atoms with Gasteiger partial charge in [0.05, 0.1) is 11.4 Å². The van der Waals surface area contributed by atoms with Gasteiger partial charge in [0, 0.05) is 17.1 Å². The van der Waals surface area contributed by atoms with Gasteiger partial charge in [-0.1, -0.05) is 29.8 Å². The maximum atomic E-state index is 13.0. The van der Waals surface area contributed by atoms with E-state index in [1.165, 1.54) is 15.7 Å². The number of aromatic nitrogens is 2. The fourth-order valence-corrected chi connectivity index (χ4v) is 5.85. The van der Waals surface area contributed by atoms with E-state index < -0.39 is 9.84 Å². The van der Waals surface area contributed by atoms with Gasteiger partial charge < -0.3 is 11.5 Å². The number of nitrogens with two attached hydrogens (primary N) is 2. The Kier molecular flexibility index (Phi) is 4.33. The molecule has 11 heteroatoms. The van der Waals surface area contributed by atoms with Crippen LogP contribution in [0.3, 0.4) is 0 Å². The molecule has 0 spiro atoms. The molecule has 1 aromatic carbocycles. The Bertz CT molecular complexity index is 1200. The Morgan fingerprint density at radius 3 is 3.00 bits per heavy atom. The van der Waals surface area contributed by atoms with E-state index in [2.05, 4.69) is 15.5 Å². The number of thiazole rings is 1. The Morgan fingerprint density at radius 1 is 1.41 bits per heavy atom. The van der Waals surface area contributed by atoms with Crippen LogP contribution in [0.25, 0.3) is 10.7 Å². The van der Waals surface area contributed by atoms with Gasteiger partial charge in [0.2, 0.25) is 15.8 Å². The van der Waals surface area contributed by atoms with Gasteiger partial charge >= 0.3 is 0 Å². The molecule has 0 aliphatic heterocycles. The van der Waals surface area contributed by atoms with E-state index in [1.54, 1.807) is 17.6 Å². The fraction of sp³-hybridized carbons (Fsp3) is 0.125. The molecule has 4 rings (SSSR count). The van der Waals surface area contributed by atoms with Crippen LogP contribution in [0.15, 0.2) is 46.0 Å². The summed E-state index contributed by atoms with van der Waals surface area (Å²) in [5.74, 6) is -0.280. The SMILES string of the molecule is NC(N)=NNC1=CCc2ccc(CS(=O)(=O)c3c(Cl)nc4sccn34)cc21. The number of imidazole rings is 1. The molecule has 5 N–H and O–H groups in total. The van der Waals surface area contributed by atoms with E-state index in [0.29, 0.717) is 16.9 Å². The molecule has 0 saturated carbocycles. The smallest absolute Gasteiger partial charge is 0.208 e. The average Bonchev–Trinajstić information content (AvgIpc) is 3.26. The van der Waals surface area contributed by atoms with Crippen LogP contribution in [0.2, 0.25) is 5.15 Å². The molecule has 0 saturated heterocycles. The highest BCUT2D eigenvalue weighted by Crippen LogP contribution is 2.30. The topological polar surface area (TPSA) is 128 Å². The third-order valence-corrected chi connectivity index (χ3v) is 6.95. The first-order chi connectivity index (χ1) is 12.8. The van der Waals surface area contributed by atoms with Crippen molar-refractivity contribution in [1.82, 2.24) is 14.8 Å². The molecule has 0 unspecified atom stereocenters. The summed E-state index contributed by atoms with van der Waals surface area (Å²) in [4.78, 5) is 4.64. The number of hydrogen-bond donors (Lipinski definition) is 3. The number of allylic oxidation sites excluding steroid dienone is 1. The minimum absolute atomic E-state index is 0.00955. The van der Waals surface area contributed by atoms with Crippen molar-refractivity contribution in [1.29, 1.82) is 0 Å². The second kappa shape index (κ2) is 6.55. The first-order valence-electron chi connectivity index (χ1n) is 7.86. The van der Waals surface area contributed by atoms with Gasteiger partial charge in [0.1, 0.15) is 0 Å².